The normalized spacial score (nSPS) is 10.7. The van der Waals surface area contributed by atoms with E-state index in [-0.39, 0.29) is 5.82 Å². The maximum Gasteiger partial charge on any atom is 0.332 e. The monoisotopic (exact) mass is 309 g/mol. The standard InChI is InChI=1S/C18H19N3O2/c1-13-17(14-7-5-4-6-8-14)21(23)18(20(13)22)15-9-11-16(12-10-15)19(2)3/h4-12,23H,1-3H3. The van der Waals surface area contributed by atoms with E-state index in [1.807, 2.05) is 73.6 Å². The highest BCUT2D eigenvalue weighted by molar-refractivity contribution is 5.66. The number of hydrogen-bond acceptors (Lipinski definition) is 3. The molecule has 2 aromatic carbocycles. The number of aromatic nitrogens is 2. The summed E-state index contributed by atoms with van der Waals surface area (Å²) in [6.45, 7) is 1.71. The zero-order valence-corrected chi connectivity index (χ0v) is 13.4. The predicted octanol–water partition coefficient (Wildman–Crippen LogP) is 3.07. The minimum atomic E-state index is 0.214. The van der Waals surface area contributed by atoms with Crippen molar-refractivity contribution in [2.75, 3.05) is 19.0 Å². The third-order valence-electron chi connectivity index (χ3n) is 3.94. The Bertz CT molecular complexity index is 822. The van der Waals surface area contributed by atoms with E-state index >= 15 is 0 Å². The molecule has 5 heteroatoms. The van der Waals surface area contributed by atoms with Gasteiger partial charge < -0.3 is 15.3 Å². The molecule has 0 spiro atoms. The van der Waals surface area contributed by atoms with Gasteiger partial charge in [0.2, 0.25) is 5.69 Å². The SMILES string of the molecule is Cc1c(-c2ccccc2)n(O)c(-c2ccc(N(C)C)cc2)[n+]1[O-]. The lowest BCUT2D eigenvalue weighted by Gasteiger charge is -2.12. The second kappa shape index (κ2) is 5.68. The highest BCUT2D eigenvalue weighted by atomic mass is 16.5. The molecule has 0 aliphatic rings. The zero-order chi connectivity index (χ0) is 16.6. The van der Waals surface area contributed by atoms with Crippen LogP contribution in [0, 0.1) is 12.1 Å². The zero-order valence-electron chi connectivity index (χ0n) is 13.4. The molecular weight excluding hydrogens is 290 g/mol. The Morgan fingerprint density at radius 1 is 0.957 bits per heavy atom. The van der Waals surface area contributed by atoms with E-state index in [0.29, 0.717) is 17.0 Å². The molecule has 1 aromatic heterocycles. The van der Waals surface area contributed by atoms with Crippen LogP contribution in [0.3, 0.4) is 0 Å². The summed E-state index contributed by atoms with van der Waals surface area (Å²) in [7, 11) is 3.91. The van der Waals surface area contributed by atoms with Crippen molar-refractivity contribution in [1.29, 1.82) is 0 Å². The first-order valence-corrected chi connectivity index (χ1v) is 7.38. The van der Waals surface area contributed by atoms with Gasteiger partial charge in [-0.25, -0.2) is 4.73 Å². The van der Waals surface area contributed by atoms with Crippen molar-refractivity contribution in [3.8, 4) is 22.6 Å². The van der Waals surface area contributed by atoms with Gasteiger partial charge in [-0.1, -0.05) is 30.3 Å². The van der Waals surface area contributed by atoms with Crippen molar-refractivity contribution in [2.24, 2.45) is 0 Å². The smallest absolute Gasteiger partial charge is 0.332 e. The average molecular weight is 309 g/mol. The van der Waals surface area contributed by atoms with Gasteiger partial charge in [0, 0.05) is 32.3 Å². The van der Waals surface area contributed by atoms with Crippen LogP contribution < -0.4 is 9.63 Å². The van der Waals surface area contributed by atoms with Gasteiger partial charge in [-0.2, -0.15) is 0 Å². The molecule has 0 atom stereocenters. The molecule has 0 aliphatic heterocycles. The van der Waals surface area contributed by atoms with E-state index in [0.717, 1.165) is 20.7 Å². The lowest BCUT2D eigenvalue weighted by Crippen LogP contribution is -2.30. The third-order valence-corrected chi connectivity index (χ3v) is 3.94. The van der Waals surface area contributed by atoms with Gasteiger partial charge in [0.25, 0.3) is 0 Å². The van der Waals surface area contributed by atoms with Gasteiger partial charge in [0.1, 0.15) is 0 Å². The molecule has 1 heterocycles. The van der Waals surface area contributed by atoms with Crippen molar-refractivity contribution < 1.29 is 9.94 Å². The van der Waals surface area contributed by atoms with Gasteiger partial charge in [-0.15, -0.1) is 0 Å². The summed E-state index contributed by atoms with van der Waals surface area (Å²) in [5.74, 6) is 0.214. The molecule has 3 aromatic rings. The summed E-state index contributed by atoms with van der Waals surface area (Å²) in [5, 5.41) is 23.1. The average Bonchev–Trinajstić information content (AvgIpc) is 2.78. The van der Waals surface area contributed by atoms with Crippen LogP contribution in [0.15, 0.2) is 54.6 Å². The summed E-state index contributed by atoms with van der Waals surface area (Å²) < 4.78 is 1.75. The van der Waals surface area contributed by atoms with Gasteiger partial charge in [-0.05, 0) is 29.0 Å². The Kier molecular flexibility index (Phi) is 3.70. The molecular formula is C18H19N3O2. The maximum atomic E-state index is 12.5. The topological polar surface area (TPSA) is 55.3 Å². The van der Waals surface area contributed by atoms with Crippen LogP contribution in [-0.4, -0.2) is 24.0 Å². The number of benzene rings is 2. The molecule has 0 bridgehead atoms. The Balaban J connectivity index is 2.14. The molecule has 0 radical (unpaired) electrons. The van der Waals surface area contributed by atoms with Crippen LogP contribution in [0.5, 0.6) is 0 Å². The van der Waals surface area contributed by atoms with Crippen LogP contribution in [-0.2, 0) is 0 Å². The fraction of sp³-hybridized carbons (Fsp3) is 0.167. The molecule has 0 saturated carbocycles. The minimum Gasteiger partial charge on any atom is -0.710 e. The Morgan fingerprint density at radius 2 is 1.57 bits per heavy atom. The molecule has 5 nitrogen and oxygen atoms in total. The van der Waals surface area contributed by atoms with Crippen molar-refractivity contribution in [3.05, 3.63) is 65.5 Å². The van der Waals surface area contributed by atoms with Crippen LogP contribution in [0.4, 0.5) is 5.69 Å². The van der Waals surface area contributed by atoms with Gasteiger partial charge in [0.05, 0.1) is 5.56 Å². The summed E-state index contributed by atoms with van der Waals surface area (Å²) in [4.78, 5) is 1.98. The Hall–Kier alpha value is -2.95. The Morgan fingerprint density at radius 3 is 2.13 bits per heavy atom. The van der Waals surface area contributed by atoms with Crippen LogP contribution in [0.25, 0.3) is 22.6 Å². The van der Waals surface area contributed by atoms with Crippen molar-refractivity contribution in [1.82, 2.24) is 4.73 Å². The van der Waals surface area contributed by atoms with E-state index in [4.69, 9.17) is 0 Å². The summed E-state index contributed by atoms with van der Waals surface area (Å²) in [6.07, 6.45) is 0. The van der Waals surface area contributed by atoms with E-state index in [9.17, 15) is 10.4 Å². The van der Waals surface area contributed by atoms with E-state index < -0.39 is 0 Å². The van der Waals surface area contributed by atoms with E-state index in [1.54, 1.807) is 6.92 Å². The number of rotatable bonds is 3. The van der Waals surface area contributed by atoms with Crippen molar-refractivity contribution >= 4 is 5.69 Å². The summed E-state index contributed by atoms with van der Waals surface area (Å²) in [6, 6.07) is 16.9. The number of imidazole rings is 1. The second-order valence-electron chi connectivity index (χ2n) is 5.67. The number of nitrogens with zero attached hydrogens (tertiary/aromatic N) is 3. The molecule has 0 saturated heterocycles. The predicted molar refractivity (Wildman–Crippen MR) is 90.5 cm³/mol. The molecule has 1 N–H and O–H groups in total. The summed E-state index contributed by atoms with van der Waals surface area (Å²) >= 11 is 0. The molecule has 23 heavy (non-hydrogen) atoms. The molecule has 0 unspecified atom stereocenters. The maximum absolute atomic E-state index is 12.5. The van der Waals surface area contributed by atoms with Crippen molar-refractivity contribution in [3.63, 3.8) is 0 Å². The first-order valence-electron chi connectivity index (χ1n) is 7.38. The largest absolute Gasteiger partial charge is 0.710 e. The molecule has 0 aliphatic carbocycles. The summed E-state index contributed by atoms with van der Waals surface area (Å²) in [5.41, 5.74) is 3.46. The lowest BCUT2D eigenvalue weighted by molar-refractivity contribution is -0.600. The van der Waals surface area contributed by atoms with Gasteiger partial charge in [0.15, 0.2) is 5.69 Å². The number of anilines is 1. The lowest BCUT2D eigenvalue weighted by atomic mass is 10.1. The third kappa shape index (κ3) is 2.50. The van der Waals surface area contributed by atoms with Crippen LogP contribution in [0.2, 0.25) is 0 Å². The highest BCUT2D eigenvalue weighted by Crippen LogP contribution is 2.28. The minimum absolute atomic E-state index is 0.214. The fourth-order valence-corrected chi connectivity index (χ4v) is 2.68. The molecule has 118 valence electrons. The molecule has 0 amide bonds. The van der Waals surface area contributed by atoms with Crippen molar-refractivity contribution in [2.45, 2.75) is 6.92 Å². The van der Waals surface area contributed by atoms with Crippen LogP contribution in [0.1, 0.15) is 5.69 Å². The van der Waals surface area contributed by atoms with Gasteiger partial charge in [-0.3, -0.25) is 0 Å². The Labute approximate surface area is 135 Å². The van der Waals surface area contributed by atoms with Gasteiger partial charge >= 0.3 is 5.82 Å². The van der Waals surface area contributed by atoms with E-state index in [2.05, 4.69) is 0 Å². The first kappa shape index (κ1) is 15.0. The quantitative estimate of drug-likeness (QED) is 0.459. The molecule has 0 fully saturated rings. The second-order valence-corrected chi connectivity index (χ2v) is 5.67. The molecule has 3 rings (SSSR count). The fourth-order valence-electron chi connectivity index (χ4n) is 2.68. The van der Waals surface area contributed by atoms with Crippen LogP contribution >= 0.6 is 0 Å². The first-order chi connectivity index (χ1) is 11.0. The number of hydrogen-bond donors (Lipinski definition) is 1. The highest BCUT2D eigenvalue weighted by Gasteiger charge is 2.27. The van der Waals surface area contributed by atoms with E-state index in [1.165, 1.54) is 0 Å².